The van der Waals surface area contributed by atoms with Gasteiger partial charge in [-0.05, 0) is 0 Å². The average molecular weight is 318 g/mol. The Morgan fingerprint density at radius 3 is 2.09 bits per heavy atom. The molecule has 0 aliphatic carbocycles. The van der Waals surface area contributed by atoms with Gasteiger partial charge < -0.3 is 25.2 Å². The molecule has 6 N–H and O–H groups in total. The number of nitrogens with one attached hydrogen (secondary N) is 2. The van der Waals surface area contributed by atoms with Crippen LogP contribution in [0.5, 0.6) is 0 Å². The van der Waals surface area contributed by atoms with Crippen LogP contribution in [0.15, 0.2) is 0 Å². The highest BCUT2D eigenvalue weighted by molar-refractivity contribution is 6.16. The molecule has 4 amide bonds. The van der Waals surface area contributed by atoms with Crippen LogP contribution in [0.4, 0.5) is 4.79 Å². The van der Waals surface area contributed by atoms with Gasteiger partial charge in [0.25, 0.3) is 0 Å². The van der Waals surface area contributed by atoms with E-state index in [0.717, 1.165) is 0 Å². The van der Waals surface area contributed by atoms with Gasteiger partial charge >= 0.3 is 6.03 Å². The lowest BCUT2D eigenvalue weighted by Crippen LogP contribution is -2.62. The van der Waals surface area contributed by atoms with Crippen molar-refractivity contribution in [1.82, 2.24) is 10.6 Å². The normalized spacial score (nSPS) is 38.0. The third kappa shape index (κ3) is 3.10. The van der Waals surface area contributed by atoms with E-state index in [2.05, 4.69) is 0 Å². The minimum Gasteiger partial charge on any atom is -0.396 e. The van der Waals surface area contributed by atoms with Gasteiger partial charge in [0.15, 0.2) is 0 Å². The molecule has 22 heavy (non-hydrogen) atoms. The number of aliphatic hydroxyl groups excluding tert-OH is 4. The van der Waals surface area contributed by atoms with Crippen LogP contribution in [0, 0.1) is 17.8 Å². The van der Waals surface area contributed by atoms with Crippen molar-refractivity contribution >= 4 is 17.8 Å². The number of barbiturate groups is 1. The summed E-state index contributed by atoms with van der Waals surface area (Å²) in [6.45, 7) is -0.845. The fraction of sp³-hybridized carbons (Fsp3) is 0.750. The molecule has 2 rings (SSSR count). The molecule has 0 spiro atoms. The van der Waals surface area contributed by atoms with E-state index in [1.807, 2.05) is 10.6 Å². The van der Waals surface area contributed by atoms with Crippen LogP contribution in [0.25, 0.3) is 0 Å². The third-order valence-corrected chi connectivity index (χ3v) is 3.96. The molecule has 2 aliphatic rings. The number of carbonyl (C=O) groups excluding carboxylic acids is 3. The average Bonchev–Trinajstić information content (AvgIpc) is 2.45. The molecule has 5 atom stereocenters. The highest BCUT2D eigenvalue weighted by Crippen LogP contribution is 2.27. The number of amides is 4. The van der Waals surface area contributed by atoms with Crippen LogP contribution < -0.4 is 10.6 Å². The number of urea groups is 1. The van der Waals surface area contributed by atoms with Crippen molar-refractivity contribution in [3.63, 3.8) is 0 Å². The zero-order valence-electron chi connectivity index (χ0n) is 11.5. The lowest BCUT2D eigenvalue weighted by atomic mass is 9.80. The SMILES string of the molecule is O=C1NC(=O)C(C2COCC(CO)C(O)C(O)C2O)C(=O)N1. The standard InChI is InChI=1S/C12H18N2O8/c15-1-4-2-22-3-5(8(17)9(18)7(4)16)6-10(19)13-12(21)14-11(6)20/h4-9,15-18H,1-3H2,(H2,13,14,19,20,21). The molecule has 2 saturated heterocycles. The Labute approximate surface area is 125 Å². The van der Waals surface area contributed by atoms with Gasteiger partial charge in [-0.1, -0.05) is 0 Å². The molecule has 2 fully saturated rings. The minimum atomic E-state index is -1.68. The van der Waals surface area contributed by atoms with E-state index in [1.165, 1.54) is 0 Å². The fourth-order valence-corrected chi connectivity index (χ4v) is 2.66. The number of ether oxygens (including phenoxy) is 1. The molecule has 2 heterocycles. The Morgan fingerprint density at radius 1 is 0.955 bits per heavy atom. The first kappa shape index (κ1) is 16.8. The van der Waals surface area contributed by atoms with Gasteiger partial charge in [0.2, 0.25) is 11.8 Å². The predicted octanol–water partition coefficient (Wildman–Crippen LogP) is -3.69. The largest absolute Gasteiger partial charge is 0.396 e. The summed E-state index contributed by atoms with van der Waals surface area (Å²) in [5.74, 6) is -5.23. The molecule has 124 valence electrons. The maximum absolute atomic E-state index is 11.8. The van der Waals surface area contributed by atoms with Crippen molar-refractivity contribution in [3.05, 3.63) is 0 Å². The van der Waals surface area contributed by atoms with E-state index >= 15 is 0 Å². The van der Waals surface area contributed by atoms with Crippen LogP contribution >= 0.6 is 0 Å². The number of hydrogen-bond donors (Lipinski definition) is 6. The highest BCUT2D eigenvalue weighted by atomic mass is 16.5. The van der Waals surface area contributed by atoms with Crippen molar-refractivity contribution in [2.24, 2.45) is 17.8 Å². The van der Waals surface area contributed by atoms with Gasteiger partial charge in [-0.2, -0.15) is 0 Å². The Kier molecular flexibility index (Phi) is 5.08. The van der Waals surface area contributed by atoms with Gasteiger partial charge in [0.1, 0.15) is 12.0 Å². The Hall–Kier alpha value is -1.59. The van der Waals surface area contributed by atoms with E-state index in [-0.39, 0.29) is 13.2 Å². The van der Waals surface area contributed by atoms with Gasteiger partial charge in [0, 0.05) is 11.8 Å². The van der Waals surface area contributed by atoms with E-state index in [9.17, 15) is 29.7 Å². The second kappa shape index (κ2) is 6.67. The molecule has 0 aromatic heterocycles. The second-order valence-electron chi connectivity index (χ2n) is 5.40. The molecular formula is C12H18N2O8. The molecule has 0 aromatic rings. The third-order valence-electron chi connectivity index (χ3n) is 3.96. The molecular weight excluding hydrogens is 300 g/mol. The Morgan fingerprint density at radius 2 is 1.55 bits per heavy atom. The van der Waals surface area contributed by atoms with Crippen LogP contribution in [-0.2, 0) is 14.3 Å². The number of aliphatic hydroxyl groups is 4. The van der Waals surface area contributed by atoms with Crippen molar-refractivity contribution < 1.29 is 39.5 Å². The molecule has 0 saturated carbocycles. The van der Waals surface area contributed by atoms with Crippen LogP contribution in [0.1, 0.15) is 0 Å². The van der Waals surface area contributed by atoms with Crippen LogP contribution in [0.3, 0.4) is 0 Å². The summed E-state index contributed by atoms with van der Waals surface area (Å²) in [6.07, 6.45) is -4.82. The molecule has 2 aliphatic heterocycles. The zero-order chi connectivity index (χ0) is 16.4. The highest BCUT2D eigenvalue weighted by Gasteiger charge is 2.47. The Bertz CT molecular complexity index is 450. The van der Waals surface area contributed by atoms with Crippen molar-refractivity contribution in [2.45, 2.75) is 18.3 Å². The summed E-state index contributed by atoms with van der Waals surface area (Å²) in [7, 11) is 0. The van der Waals surface area contributed by atoms with Crippen LogP contribution in [-0.4, -0.2) is 76.4 Å². The number of carbonyl (C=O) groups is 3. The summed E-state index contributed by atoms with van der Waals surface area (Å²) in [6, 6.07) is -0.964. The maximum Gasteiger partial charge on any atom is 0.328 e. The summed E-state index contributed by atoms with van der Waals surface area (Å²) >= 11 is 0. The smallest absolute Gasteiger partial charge is 0.328 e. The van der Waals surface area contributed by atoms with Gasteiger partial charge in [-0.25, -0.2) is 4.79 Å². The summed E-state index contributed by atoms with van der Waals surface area (Å²) in [4.78, 5) is 34.7. The summed E-state index contributed by atoms with van der Waals surface area (Å²) in [5, 5.41) is 43.0. The predicted molar refractivity (Wildman–Crippen MR) is 68.1 cm³/mol. The van der Waals surface area contributed by atoms with Crippen molar-refractivity contribution in [1.29, 1.82) is 0 Å². The fourth-order valence-electron chi connectivity index (χ4n) is 2.66. The lowest BCUT2D eigenvalue weighted by molar-refractivity contribution is -0.166. The Balaban J connectivity index is 2.21. The zero-order valence-corrected chi connectivity index (χ0v) is 11.5. The molecule has 10 nitrogen and oxygen atoms in total. The first-order valence-electron chi connectivity index (χ1n) is 6.75. The van der Waals surface area contributed by atoms with Gasteiger partial charge in [-0.15, -0.1) is 0 Å². The first-order chi connectivity index (χ1) is 10.4. The monoisotopic (exact) mass is 318 g/mol. The summed E-state index contributed by atoms with van der Waals surface area (Å²) in [5.41, 5.74) is 0. The van der Waals surface area contributed by atoms with E-state index in [4.69, 9.17) is 9.84 Å². The first-order valence-corrected chi connectivity index (χ1v) is 6.75. The van der Waals surface area contributed by atoms with E-state index in [1.54, 1.807) is 0 Å². The number of hydrogen-bond acceptors (Lipinski definition) is 8. The van der Waals surface area contributed by atoms with Crippen LogP contribution in [0.2, 0.25) is 0 Å². The minimum absolute atomic E-state index is 0.118. The molecule has 0 aromatic carbocycles. The molecule has 10 heteroatoms. The molecule has 5 unspecified atom stereocenters. The van der Waals surface area contributed by atoms with E-state index in [0.29, 0.717) is 0 Å². The topological polar surface area (TPSA) is 165 Å². The molecule has 0 radical (unpaired) electrons. The van der Waals surface area contributed by atoms with E-state index < -0.39 is 60.5 Å². The van der Waals surface area contributed by atoms with Gasteiger partial charge in [-0.3, -0.25) is 20.2 Å². The summed E-state index contributed by atoms with van der Waals surface area (Å²) < 4.78 is 5.22. The number of imide groups is 2. The van der Waals surface area contributed by atoms with Crippen molar-refractivity contribution in [2.75, 3.05) is 19.8 Å². The van der Waals surface area contributed by atoms with Gasteiger partial charge in [0.05, 0.1) is 32.0 Å². The molecule has 0 bridgehead atoms. The number of rotatable bonds is 2. The second-order valence-corrected chi connectivity index (χ2v) is 5.40. The maximum atomic E-state index is 11.8. The lowest BCUT2D eigenvalue weighted by Gasteiger charge is -2.38. The quantitative estimate of drug-likeness (QED) is 0.283. The van der Waals surface area contributed by atoms with Crippen molar-refractivity contribution in [3.8, 4) is 0 Å².